The molecular formula is C14H9F2N3O2S2. The molecule has 0 radical (unpaired) electrons. The number of hydrogen-bond donors (Lipinski definition) is 1. The molecule has 2 aromatic heterocycles. The lowest BCUT2D eigenvalue weighted by Gasteiger charge is -2.05. The molecule has 0 aliphatic heterocycles. The lowest BCUT2D eigenvalue weighted by atomic mass is 10.3. The zero-order chi connectivity index (χ0) is 16.4. The van der Waals surface area contributed by atoms with Crippen LogP contribution in [-0.2, 0) is 10.0 Å². The molecule has 0 bridgehead atoms. The van der Waals surface area contributed by atoms with Crippen molar-refractivity contribution in [2.45, 2.75) is 4.90 Å². The van der Waals surface area contributed by atoms with E-state index in [-0.39, 0.29) is 5.82 Å². The fourth-order valence-corrected chi connectivity index (χ4v) is 3.64. The lowest BCUT2D eigenvalue weighted by molar-refractivity contribution is 0.568. The average Bonchev–Trinajstić information content (AvgIpc) is 2.95. The number of halogens is 2. The lowest BCUT2D eigenvalue weighted by Crippen LogP contribution is -2.13. The molecule has 1 aromatic carbocycles. The highest BCUT2D eigenvalue weighted by Gasteiger charge is 2.18. The third-order valence-corrected chi connectivity index (χ3v) is 4.97. The van der Waals surface area contributed by atoms with Crippen LogP contribution < -0.4 is 4.72 Å². The molecule has 9 heteroatoms. The summed E-state index contributed by atoms with van der Waals surface area (Å²) in [6, 6.07) is 7.33. The molecule has 5 nitrogen and oxygen atoms in total. The summed E-state index contributed by atoms with van der Waals surface area (Å²) < 4.78 is 52.8. The first-order valence-electron chi connectivity index (χ1n) is 6.30. The largest absolute Gasteiger partial charge is 0.263 e. The number of rotatable bonds is 4. The fraction of sp³-hybridized carbons (Fsp3) is 0. The maximum absolute atomic E-state index is 13.2. The van der Waals surface area contributed by atoms with Crippen LogP contribution in [0.25, 0.3) is 10.7 Å². The van der Waals surface area contributed by atoms with Gasteiger partial charge >= 0.3 is 0 Å². The van der Waals surface area contributed by atoms with Crippen molar-refractivity contribution in [2.24, 2.45) is 0 Å². The molecule has 0 aliphatic rings. The maximum Gasteiger partial charge on any atom is 0.263 e. The summed E-state index contributed by atoms with van der Waals surface area (Å²) in [5.74, 6) is -1.89. The number of nitrogens with zero attached hydrogens (tertiary/aromatic N) is 2. The molecule has 0 aliphatic carbocycles. The van der Waals surface area contributed by atoms with E-state index in [1.165, 1.54) is 16.7 Å². The third-order valence-electron chi connectivity index (χ3n) is 2.77. The summed E-state index contributed by atoms with van der Waals surface area (Å²) in [6.07, 6.45) is 1.59. The van der Waals surface area contributed by atoms with Gasteiger partial charge in [0.2, 0.25) is 0 Å². The minimum absolute atomic E-state index is 0.0559. The van der Waals surface area contributed by atoms with Gasteiger partial charge in [-0.2, -0.15) is 0 Å². The molecule has 23 heavy (non-hydrogen) atoms. The van der Waals surface area contributed by atoms with Gasteiger partial charge in [-0.05, 0) is 24.3 Å². The molecule has 0 atom stereocenters. The van der Waals surface area contributed by atoms with Gasteiger partial charge < -0.3 is 0 Å². The molecule has 1 N–H and O–H groups in total. The minimum atomic E-state index is -4.13. The number of hydrogen-bond acceptors (Lipinski definition) is 5. The van der Waals surface area contributed by atoms with Crippen molar-refractivity contribution in [3.05, 3.63) is 59.6 Å². The Bertz CT molecular complexity index is 923. The molecule has 0 unspecified atom stereocenters. The third kappa shape index (κ3) is 3.51. The van der Waals surface area contributed by atoms with Gasteiger partial charge in [0.15, 0.2) is 5.82 Å². The van der Waals surface area contributed by atoms with E-state index in [9.17, 15) is 17.2 Å². The van der Waals surface area contributed by atoms with E-state index in [2.05, 4.69) is 14.7 Å². The highest BCUT2D eigenvalue weighted by atomic mass is 32.2. The van der Waals surface area contributed by atoms with Crippen LogP contribution in [-0.4, -0.2) is 18.4 Å². The second-order valence-electron chi connectivity index (χ2n) is 4.46. The van der Waals surface area contributed by atoms with Gasteiger partial charge in [-0.15, -0.1) is 11.3 Å². The second-order valence-corrected chi connectivity index (χ2v) is 7.00. The van der Waals surface area contributed by atoms with Gasteiger partial charge in [0.1, 0.15) is 16.6 Å². The van der Waals surface area contributed by atoms with Crippen LogP contribution in [0.5, 0.6) is 0 Å². The smallest absolute Gasteiger partial charge is 0.263 e. The summed E-state index contributed by atoms with van der Waals surface area (Å²) in [5, 5.41) is 2.01. The number of thiazole rings is 1. The number of anilines is 1. The van der Waals surface area contributed by atoms with Gasteiger partial charge in [0.25, 0.3) is 10.0 Å². The van der Waals surface area contributed by atoms with Gasteiger partial charge in [0, 0.05) is 17.6 Å². The van der Waals surface area contributed by atoms with E-state index in [4.69, 9.17) is 0 Å². The Hall–Kier alpha value is -2.39. The summed E-state index contributed by atoms with van der Waals surface area (Å²) in [5.41, 5.74) is 0.597. The average molecular weight is 353 g/mol. The molecule has 3 aromatic rings. The van der Waals surface area contributed by atoms with Crippen molar-refractivity contribution in [1.82, 2.24) is 9.97 Å². The Morgan fingerprint density at radius 3 is 2.48 bits per heavy atom. The fourth-order valence-electron chi connectivity index (χ4n) is 1.81. The van der Waals surface area contributed by atoms with E-state index in [1.807, 2.05) is 0 Å². The van der Waals surface area contributed by atoms with Crippen LogP contribution in [0, 0.1) is 11.6 Å². The Morgan fingerprint density at radius 2 is 1.83 bits per heavy atom. The van der Waals surface area contributed by atoms with E-state index in [1.54, 1.807) is 24.4 Å². The van der Waals surface area contributed by atoms with Gasteiger partial charge in [-0.25, -0.2) is 22.2 Å². The monoisotopic (exact) mass is 353 g/mol. The molecule has 0 fully saturated rings. The molecular weight excluding hydrogens is 344 g/mol. The molecule has 0 saturated carbocycles. The normalized spacial score (nSPS) is 11.4. The minimum Gasteiger partial charge on any atom is -0.263 e. The van der Waals surface area contributed by atoms with Gasteiger partial charge in [0.05, 0.1) is 10.6 Å². The molecule has 0 amide bonds. The molecule has 0 saturated heterocycles. The summed E-state index contributed by atoms with van der Waals surface area (Å²) in [6.45, 7) is 0. The van der Waals surface area contributed by atoms with Crippen molar-refractivity contribution in [3.63, 3.8) is 0 Å². The quantitative estimate of drug-likeness (QED) is 0.781. The van der Waals surface area contributed by atoms with Crippen molar-refractivity contribution < 1.29 is 17.2 Å². The predicted molar refractivity (Wildman–Crippen MR) is 82.5 cm³/mol. The first-order chi connectivity index (χ1) is 10.9. The number of benzene rings is 1. The van der Waals surface area contributed by atoms with E-state index in [0.717, 1.165) is 12.1 Å². The molecule has 0 spiro atoms. The summed E-state index contributed by atoms with van der Waals surface area (Å²) in [4.78, 5) is 7.71. The Balaban J connectivity index is 1.88. The highest BCUT2D eigenvalue weighted by molar-refractivity contribution is 7.92. The van der Waals surface area contributed by atoms with E-state index >= 15 is 0 Å². The van der Waals surface area contributed by atoms with Crippen LogP contribution in [0.15, 0.2) is 52.9 Å². The first kappa shape index (κ1) is 15.5. The van der Waals surface area contributed by atoms with E-state index in [0.29, 0.717) is 16.8 Å². The van der Waals surface area contributed by atoms with Crippen LogP contribution in [0.2, 0.25) is 0 Å². The summed E-state index contributed by atoms with van der Waals surface area (Å²) in [7, 11) is -4.13. The van der Waals surface area contributed by atoms with Crippen molar-refractivity contribution in [1.29, 1.82) is 0 Å². The van der Waals surface area contributed by atoms with Crippen LogP contribution in [0.3, 0.4) is 0 Å². The Kier molecular flexibility index (Phi) is 4.05. The topological polar surface area (TPSA) is 72.0 Å². The van der Waals surface area contributed by atoms with Crippen LogP contribution in [0.4, 0.5) is 14.6 Å². The standard InChI is InChI=1S/C14H9F2N3O2S2/c15-9-5-10(16)7-11(6-9)23(20,21)19-13-8-22-14(18-13)12-3-1-2-4-17-12/h1-8,19H. The molecule has 3 rings (SSSR count). The second kappa shape index (κ2) is 6.01. The predicted octanol–water partition coefficient (Wildman–Crippen LogP) is 3.28. The zero-order valence-corrected chi connectivity index (χ0v) is 13.0. The van der Waals surface area contributed by atoms with Gasteiger partial charge in [-0.3, -0.25) is 9.71 Å². The number of nitrogens with one attached hydrogen (secondary N) is 1. The highest BCUT2D eigenvalue weighted by Crippen LogP contribution is 2.25. The first-order valence-corrected chi connectivity index (χ1v) is 8.66. The Morgan fingerprint density at radius 1 is 1.09 bits per heavy atom. The zero-order valence-electron chi connectivity index (χ0n) is 11.4. The van der Waals surface area contributed by atoms with Crippen molar-refractivity contribution in [3.8, 4) is 10.7 Å². The molecule has 118 valence electrons. The SMILES string of the molecule is O=S(=O)(Nc1csc(-c2ccccn2)n1)c1cc(F)cc(F)c1. The maximum atomic E-state index is 13.2. The van der Waals surface area contributed by atoms with Crippen molar-refractivity contribution >= 4 is 27.2 Å². The molecule has 2 heterocycles. The number of aromatic nitrogens is 2. The van der Waals surface area contributed by atoms with E-state index < -0.39 is 26.6 Å². The number of sulfonamides is 1. The Labute approximate surface area is 134 Å². The number of pyridine rings is 1. The van der Waals surface area contributed by atoms with Crippen LogP contribution in [0.1, 0.15) is 0 Å². The summed E-state index contributed by atoms with van der Waals surface area (Å²) >= 11 is 1.20. The van der Waals surface area contributed by atoms with Crippen LogP contribution >= 0.6 is 11.3 Å². The van der Waals surface area contributed by atoms with Crippen molar-refractivity contribution in [2.75, 3.05) is 4.72 Å². The van der Waals surface area contributed by atoms with Gasteiger partial charge in [-0.1, -0.05) is 6.07 Å².